The third-order valence-electron chi connectivity index (χ3n) is 3.16. The molecule has 0 heterocycles. The van der Waals surface area contributed by atoms with Crippen molar-refractivity contribution in [1.82, 2.24) is 5.32 Å². The molecule has 4 heteroatoms. The van der Waals surface area contributed by atoms with Gasteiger partial charge in [0.2, 0.25) is 5.91 Å². The number of hydrogen-bond donors (Lipinski definition) is 1. The molecule has 0 saturated carbocycles. The summed E-state index contributed by atoms with van der Waals surface area (Å²) in [7, 11) is 0. The third-order valence-corrected chi connectivity index (χ3v) is 3.16. The van der Waals surface area contributed by atoms with Crippen LogP contribution in [0.1, 0.15) is 16.7 Å². The molecule has 3 nitrogen and oxygen atoms in total. The normalized spacial score (nSPS) is 10.7. The molecule has 0 atom stereocenters. The minimum atomic E-state index is -0.296. The van der Waals surface area contributed by atoms with Crippen molar-refractivity contribution >= 4 is 12.0 Å². The van der Waals surface area contributed by atoms with Crippen molar-refractivity contribution in [2.75, 3.05) is 13.2 Å². The number of ether oxygens (including phenoxy) is 1. The van der Waals surface area contributed by atoms with Crippen LogP contribution < -0.4 is 10.1 Å². The molecule has 0 radical (unpaired) electrons. The van der Waals surface area contributed by atoms with E-state index in [2.05, 4.69) is 11.4 Å². The number of carbonyl (C=O) groups is 1. The number of hydrogen-bond acceptors (Lipinski definition) is 2. The lowest BCUT2D eigenvalue weighted by Gasteiger charge is -2.08. The standard InChI is InChI=1S/C19H20FNO2/c1-14-11-15(2)13-18(12-14)23-10-9-21-19(22)8-5-16-3-6-17(20)7-4-16/h3-8,11-13H,9-10H2,1-2H3,(H,21,22)/b8-5+. The molecule has 0 aromatic heterocycles. The zero-order valence-electron chi connectivity index (χ0n) is 13.3. The van der Waals surface area contributed by atoms with Gasteiger partial charge in [-0.25, -0.2) is 4.39 Å². The molecule has 120 valence electrons. The maximum atomic E-state index is 12.8. The first-order valence-corrected chi connectivity index (χ1v) is 7.45. The van der Waals surface area contributed by atoms with Crippen LogP contribution >= 0.6 is 0 Å². The van der Waals surface area contributed by atoms with Crippen molar-refractivity contribution in [1.29, 1.82) is 0 Å². The summed E-state index contributed by atoms with van der Waals surface area (Å²) in [4.78, 5) is 11.7. The smallest absolute Gasteiger partial charge is 0.244 e. The lowest BCUT2D eigenvalue weighted by molar-refractivity contribution is -0.116. The molecule has 0 aliphatic rings. The highest BCUT2D eigenvalue weighted by Crippen LogP contribution is 2.15. The Hall–Kier alpha value is -2.62. The van der Waals surface area contributed by atoms with Crippen LogP contribution in [0.25, 0.3) is 6.08 Å². The Morgan fingerprint density at radius 3 is 2.43 bits per heavy atom. The highest BCUT2D eigenvalue weighted by molar-refractivity contribution is 5.91. The van der Waals surface area contributed by atoms with E-state index >= 15 is 0 Å². The van der Waals surface area contributed by atoms with Crippen molar-refractivity contribution in [3.63, 3.8) is 0 Å². The largest absolute Gasteiger partial charge is 0.492 e. The van der Waals surface area contributed by atoms with Gasteiger partial charge in [0.15, 0.2) is 0 Å². The first-order chi connectivity index (χ1) is 11.0. The van der Waals surface area contributed by atoms with E-state index in [0.717, 1.165) is 22.4 Å². The Morgan fingerprint density at radius 1 is 1.13 bits per heavy atom. The van der Waals surface area contributed by atoms with Crippen molar-refractivity contribution in [2.24, 2.45) is 0 Å². The summed E-state index contributed by atoms with van der Waals surface area (Å²) in [5, 5.41) is 2.74. The van der Waals surface area contributed by atoms with Gasteiger partial charge in [-0.3, -0.25) is 4.79 Å². The topological polar surface area (TPSA) is 38.3 Å². The van der Waals surface area contributed by atoms with Crippen LogP contribution in [-0.2, 0) is 4.79 Å². The molecule has 0 aliphatic heterocycles. The molecule has 0 spiro atoms. The van der Waals surface area contributed by atoms with Gasteiger partial charge in [0.1, 0.15) is 18.2 Å². The second kappa shape index (κ2) is 8.13. The summed E-state index contributed by atoms with van der Waals surface area (Å²) in [6.07, 6.45) is 3.06. The van der Waals surface area contributed by atoms with Gasteiger partial charge in [-0.2, -0.15) is 0 Å². The number of nitrogens with one attached hydrogen (secondary N) is 1. The quantitative estimate of drug-likeness (QED) is 0.653. The number of amides is 1. The Bertz CT molecular complexity index is 673. The molecule has 0 bridgehead atoms. The Morgan fingerprint density at radius 2 is 1.78 bits per heavy atom. The van der Waals surface area contributed by atoms with Crippen LogP contribution in [0.15, 0.2) is 48.5 Å². The number of aryl methyl sites for hydroxylation is 2. The number of carbonyl (C=O) groups excluding carboxylic acids is 1. The van der Waals surface area contributed by atoms with Crippen LogP contribution in [0, 0.1) is 19.7 Å². The van der Waals surface area contributed by atoms with Gasteiger partial charge in [-0.1, -0.05) is 18.2 Å². The molecule has 0 unspecified atom stereocenters. The maximum absolute atomic E-state index is 12.8. The Kier molecular flexibility index (Phi) is 5.92. The van der Waals surface area contributed by atoms with Crippen LogP contribution in [-0.4, -0.2) is 19.1 Å². The predicted molar refractivity (Wildman–Crippen MR) is 89.9 cm³/mol. The first kappa shape index (κ1) is 16.7. The van der Waals surface area contributed by atoms with Crippen LogP contribution in [0.4, 0.5) is 4.39 Å². The molecule has 2 aromatic carbocycles. The minimum Gasteiger partial charge on any atom is -0.492 e. The molecule has 23 heavy (non-hydrogen) atoms. The highest BCUT2D eigenvalue weighted by Gasteiger charge is 1.99. The summed E-state index contributed by atoms with van der Waals surface area (Å²) in [6.45, 7) is 4.85. The van der Waals surface area contributed by atoms with Crippen LogP contribution in [0.2, 0.25) is 0 Å². The fourth-order valence-electron chi connectivity index (χ4n) is 2.16. The van der Waals surface area contributed by atoms with E-state index in [1.54, 1.807) is 18.2 Å². The van der Waals surface area contributed by atoms with E-state index in [9.17, 15) is 9.18 Å². The van der Waals surface area contributed by atoms with E-state index in [4.69, 9.17) is 4.74 Å². The second-order valence-corrected chi connectivity index (χ2v) is 5.35. The van der Waals surface area contributed by atoms with Gasteiger partial charge in [0.05, 0.1) is 6.54 Å². The third kappa shape index (κ3) is 5.94. The van der Waals surface area contributed by atoms with E-state index in [0.29, 0.717) is 13.2 Å². The molecule has 1 amide bonds. The predicted octanol–water partition coefficient (Wildman–Crippen LogP) is 3.65. The summed E-state index contributed by atoms with van der Waals surface area (Å²) < 4.78 is 18.4. The lowest BCUT2D eigenvalue weighted by Crippen LogP contribution is -2.26. The van der Waals surface area contributed by atoms with Gasteiger partial charge in [-0.15, -0.1) is 0 Å². The molecular weight excluding hydrogens is 293 g/mol. The van der Waals surface area contributed by atoms with Gasteiger partial charge in [0, 0.05) is 6.08 Å². The van der Waals surface area contributed by atoms with Gasteiger partial charge >= 0.3 is 0 Å². The van der Waals surface area contributed by atoms with Crippen molar-refractivity contribution < 1.29 is 13.9 Å². The Balaban J connectivity index is 1.73. The zero-order valence-corrected chi connectivity index (χ0v) is 13.3. The van der Waals surface area contributed by atoms with Crippen LogP contribution in [0.3, 0.4) is 0 Å². The monoisotopic (exact) mass is 313 g/mol. The molecule has 2 aromatic rings. The number of halogens is 1. The van der Waals surface area contributed by atoms with Gasteiger partial charge in [0.25, 0.3) is 0 Å². The lowest BCUT2D eigenvalue weighted by atomic mass is 10.1. The Labute approximate surface area is 135 Å². The molecule has 2 rings (SSSR count). The minimum absolute atomic E-state index is 0.210. The van der Waals surface area contributed by atoms with Crippen molar-refractivity contribution in [2.45, 2.75) is 13.8 Å². The average molecular weight is 313 g/mol. The van der Waals surface area contributed by atoms with Crippen molar-refractivity contribution in [3.8, 4) is 5.75 Å². The number of rotatable bonds is 6. The summed E-state index contributed by atoms with van der Waals surface area (Å²) in [5.41, 5.74) is 3.06. The SMILES string of the molecule is Cc1cc(C)cc(OCCNC(=O)/C=C/c2ccc(F)cc2)c1. The summed E-state index contributed by atoms with van der Waals surface area (Å²) in [5.74, 6) is 0.298. The highest BCUT2D eigenvalue weighted by atomic mass is 19.1. The van der Waals surface area contributed by atoms with E-state index < -0.39 is 0 Å². The summed E-state index contributed by atoms with van der Waals surface area (Å²) >= 11 is 0. The second-order valence-electron chi connectivity index (χ2n) is 5.35. The van der Waals surface area contributed by atoms with E-state index in [1.807, 2.05) is 26.0 Å². The average Bonchev–Trinajstić information content (AvgIpc) is 2.50. The van der Waals surface area contributed by atoms with Gasteiger partial charge < -0.3 is 10.1 Å². The molecule has 1 N–H and O–H groups in total. The molecular formula is C19H20FNO2. The van der Waals surface area contributed by atoms with E-state index in [1.165, 1.54) is 18.2 Å². The van der Waals surface area contributed by atoms with E-state index in [-0.39, 0.29) is 11.7 Å². The zero-order chi connectivity index (χ0) is 16.7. The fraction of sp³-hybridized carbons (Fsp3) is 0.211. The molecule has 0 saturated heterocycles. The fourth-order valence-corrected chi connectivity index (χ4v) is 2.16. The molecule has 0 aliphatic carbocycles. The summed E-state index contributed by atoms with van der Waals surface area (Å²) in [6, 6.07) is 11.9. The van der Waals surface area contributed by atoms with Crippen molar-refractivity contribution in [3.05, 3.63) is 71.0 Å². The number of benzene rings is 2. The molecule has 0 fully saturated rings. The maximum Gasteiger partial charge on any atom is 0.244 e. The van der Waals surface area contributed by atoms with Crippen LogP contribution in [0.5, 0.6) is 5.75 Å². The van der Waals surface area contributed by atoms with Gasteiger partial charge in [-0.05, 0) is 60.9 Å². The first-order valence-electron chi connectivity index (χ1n) is 7.45.